The number of phenols is 1. The summed E-state index contributed by atoms with van der Waals surface area (Å²) in [5.74, 6) is 0.486. The molecular weight excluding hydrogens is 186 g/mol. The fourth-order valence-electron chi connectivity index (χ4n) is 1.65. The van der Waals surface area contributed by atoms with Gasteiger partial charge < -0.3 is 10.0 Å². The number of hydrogen-bond acceptors (Lipinski definition) is 2. The molecule has 0 aliphatic rings. The molecule has 84 valence electrons. The van der Waals surface area contributed by atoms with Gasteiger partial charge in [0, 0.05) is 12.1 Å². The Balaban J connectivity index is 2.84. The van der Waals surface area contributed by atoms with E-state index in [1.54, 1.807) is 0 Å². The summed E-state index contributed by atoms with van der Waals surface area (Å²) < 4.78 is 0. The van der Waals surface area contributed by atoms with Gasteiger partial charge in [0.25, 0.3) is 0 Å². The fraction of sp³-hybridized carbons (Fsp3) is 0.538. The zero-order valence-electron chi connectivity index (χ0n) is 9.95. The lowest BCUT2D eigenvalue weighted by Crippen LogP contribution is -2.16. The normalized spacial score (nSPS) is 10.9. The minimum Gasteiger partial charge on any atom is -0.507 e. The second-order valence-corrected chi connectivity index (χ2v) is 4.01. The molecule has 0 heterocycles. The fourth-order valence-corrected chi connectivity index (χ4v) is 1.65. The lowest BCUT2D eigenvalue weighted by molar-refractivity contribution is 0.336. The van der Waals surface area contributed by atoms with Gasteiger partial charge in [-0.1, -0.05) is 38.5 Å². The summed E-state index contributed by atoms with van der Waals surface area (Å²) in [6.45, 7) is 6.06. The summed E-state index contributed by atoms with van der Waals surface area (Å²) in [6.07, 6.45) is 2.02. The number of phenolic OH excluding ortho intramolecular Hbond substituents is 1. The van der Waals surface area contributed by atoms with Crippen LogP contribution in [-0.2, 0) is 13.0 Å². The van der Waals surface area contributed by atoms with Crippen molar-refractivity contribution in [3.05, 3.63) is 29.3 Å². The van der Waals surface area contributed by atoms with Crippen molar-refractivity contribution in [2.75, 3.05) is 13.6 Å². The van der Waals surface area contributed by atoms with Crippen LogP contribution in [0.25, 0.3) is 0 Å². The monoisotopic (exact) mass is 207 g/mol. The van der Waals surface area contributed by atoms with Crippen molar-refractivity contribution in [1.82, 2.24) is 4.90 Å². The smallest absolute Gasteiger partial charge is 0.123 e. The highest BCUT2D eigenvalue weighted by Crippen LogP contribution is 2.24. The van der Waals surface area contributed by atoms with Crippen molar-refractivity contribution in [2.45, 2.75) is 33.2 Å². The van der Waals surface area contributed by atoms with Gasteiger partial charge in [0.1, 0.15) is 5.75 Å². The molecular formula is C13H21NO. The van der Waals surface area contributed by atoms with E-state index in [-0.39, 0.29) is 0 Å². The van der Waals surface area contributed by atoms with Crippen LogP contribution >= 0.6 is 0 Å². The van der Waals surface area contributed by atoms with Gasteiger partial charge in [-0.2, -0.15) is 0 Å². The molecule has 0 aromatic heterocycles. The molecule has 2 heteroatoms. The minimum atomic E-state index is 0.486. The Kier molecular flexibility index (Phi) is 4.63. The highest BCUT2D eigenvalue weighted by Gasteiger charge is 2.07. The number of hydrogen-bond donors (Lipinski definition) is 1. The molecule has 0 saturated heterocycles. The summed E-state index contributed by atoms with van der Waals surface area (Å²) in [4.78, 5) is 2.19. The molecule has 0 fully saturated rings. The number of para-hydroxylation sites is 1. The molecule has 1 N–H and O–H groups in total. The summed E-state index contributed by atoms with van der Waals surface area (Å²) >= 11 is 0. The highest BCUT2D eigenvalue weighted by molar-refractivity contribution is 5.40. The first-order chi connectivity index (χ1) is 7.19. The Bertz CT molecular complexity index is 309. The zero-order chi connectivity index (χ0) is 11.3. The van der Waals surface area contributed by atoms with Crippen LogP contribution in [0.15, 0.2) is 18.2 Å². The van der Waals surface area contributed by atoms with E-state index in [2.05, 4.69) is 25.8 Å². The molecule has 0 saturated carbocycles. The van der Waals surface area contributed by atoms with Gasteiger partial charge in [-0.25, -0.2) is 0 Å². The van der Waals surface area contributed by atoms with E-state index in [1.165, 1.54) is 0 Å². The van der Waals surface area contributed by atoms with Crippen LogP contribution in [0, 0.1) is 0 Å². The van der Waals surface area contributed by atoms with Crippen LogP contribution in [0.2, 0.25) is 0 Å². The molecule has 0 spiro atoms. The Morgan fingerprint density at radius 2 is 1.87 bits per heavy atom. The van der Waals surface area contributed by atoms with Crippen molar-refractivity contribution >= 4 is 0 Å². The molecule has 0 amide bonds. The molecule has 0 atom stereocenters. The predicted octanol–water partition coefficient (Wildman–Crippen LogP) is 2.80. The number of nitrogens with zero attached hydrogens (tertiary/aromatic N) is 1. The van der Waals surface area contributed by atoms with E-state index >= 15 is 0 Å². The van der Waals surface area contributed by atoms with Crippen LogP contribution < -0.4 is 0 Å². The first-order valence-corrected chi connectivity index (χ1v) is 5.67. The molecule has 0 unspecified atom stereocenters. The van der Waals surface area contributed by atoms with Crippen LogP contribution in [-0.4, -0.2) is 23.6 Å². The van der Waals surface area contributed by atoms with Crippen LogP contribution in [0.5, 0.6) is 5.75 Å². The van der Waals surface area contributed by atoms with Gasteiger partial charge in [-0.05, 0) is 25.6 Å². The number of rotatable bonds is 5. The van der Waals surface area contributed by atoms with Crippen LogP contribution in [0.3, 0.4) is 0 Å². The predicted molar refractivity (Wildman–Crippen MR) is 64.1 cm³/mol. The second-order valence-electron chi connectivity index (χ2n) is 4.01. The number of aryl methyl sites for hydroxylation is 1. The first-order valence-electron chi connectivity index (χ1n) is 5.67. The molecule has 1 rings (SSSR count). The number of benzene rings is 1. The molecule has 1 aromatic rings. The second kappa shape index (κ2) is 5.76. The minimum absolute atomic E-state index is 0.486. The third-order valence-corrected chi connectivity index (χ3v) is 2.70. The molecule has 0 bridgehead atoms. The zero-order valence-corrected chi connectivity index (χ0v) is 9.95. The maximum absolute atomic E-state index is 10.0. The van der Waals surface area contributed by atoms with E-state index in [0.717, 1.165) is 37.1 Å². The molecule has 0 radical (unpaired) electrons. The average Bonchev–Trinajstić information content (AvgIpc) is 2.24. The standard InChI is InChI=1S/C13H21NO/c1-4-7-11-8-6-9-12(13(11)15)10-14(3)5-2/h6,8-9,15H,4-5,7,10H2,1-3H3. The third-order valence-electron chi connectivity index (χ3n) is 2.70. The van der Waals surface area contributed by atoms with E-state index in [9.17, 15) is 5.11 Å². The van der Waals surface area contributed by atoms with Gasteiger partial charge in [0.15, 0.2) is 0 Å². The van der Waals surface area contributed by atoms with Gasteiger partial charge in [0.2, 0.25) is 0 Å². The maximum atomic E-state index is 10.0. The topological polar surface area (TPSA) is 23.5 Å². The molecule has 0 aliphatic heterocycles. The molecule has 2 nitrogen and oxygen atoms in total. The largest absolute Gasteiger partial charge is 0.507 e. The van der Waals surface area contributed by atoms with Crippen molar-refractivity contribution < 1.29 is 5.11 Å². The Labute approximate surface area is 92.5 Å². The molecule has 0 aliphatic carbocycles. The Hall–Kier alpha value is -1.02. The van der Waals surface area contributed by atoms with E-state index < -0.39 is 0 Å². The Morgan fingerprint density at radius 1 is 1.20 bits per heavy atom. The van der Waals surface area contributed by atoms with E-state index in [4.69, 9.17) is 0 Å². The summed E-state index contributed by atoms with van der Waals surface area (Å²) in [7, 11) is 2.06. The van der Waals surface area contributed by atoms with Crippen molar-refractivity contribution in [3.63, 3.8) is 0 Å². The molecule has 1 aromatic carbocycles. The van der Waals surface area contributed by atoms with Gasteiger partial charge >= 0.3 is 0 Å². The van der Waals surface area contributed by atoms with E-state index in [0.29, 0.717) is 5.75 Å². The molecule has 15 heavy (non-hydrogen) atoms. The van der Waals surface area contributed by atoms with Crippen molar-refractivity contribution in [3.8, 4) is 5.75 Å². The van der Waals surface area contributed by atoms with E-state index in [1.807, 2.05) is 18.2 Å². The first kappa shape index (κ1) is 12.1. The van der Waals surface area contributed by atoms with Crippen molar-refractivity contribution in [1.29, 1.82) is 0 Å². The maximum Gasteiger partial charge on any atom is 0.123 e. The summed E-state index contributed by atoms with van der Waals surface area (Å²) in [5.41, 5.74) is 2.10. The third kappa shape index (κ3) is 3.24. The summed E-state index contributed by atoms with van der Waals surface area (Å²) in [6, 6.07) is 6.04. The summed E-state index contributed by atoms with van der Waals surface area (Å²) in [5, 5.41) is 10.0. The lowest BCUT2D eigenvalue weighted by atomic mass is 10.0. The Morgan fingerprint density at radius 3 is 2.47 bits per heavy atom. The van der Waals surface area contributed by atoms with Crippen LogP contribution in [0.1, 0.15) is 31.4 Å². The highest BCUT2D eigenvalue weighted by atomic mass is 16.3. The quantitative estimate of drug-likeness (QED) is 0.802. The van der Waals surface area contributed by atoms with Gasteiger partial charge in [-0.3, -0.25) is 0 Å². The SMILES string of the molecule is CCCc1cccc(CN(C)CC)c1O. The van der Waals surface area contributed by atoms with Crippen molar-refractivity contribution in [2.24, 2.45) is 0 Å². The van der Waals surface area contributed by atoms with Gasteiger partial charge in [-0.15, -0.1) is 0 Å². The lowest BCUT2D eigenvalue weighted by Gasteiger charge is -2.16. The number of aromatic hydroxyl groups is 1. The van der Waals surface area contributed by atoms with Gasteiger partial charge in [0.05, 0.1) is 0 Å². The van der Waals surface area contributed by atoms with Crippen LogP contribution in [0.4, 0.5) is 0 Å². The average molecular weight is 207 g/mol.